The summed E-state index contributed by atoms with van der Waals surface area (Å²) in [5, 5.41) is 12.1. The molecular weight excluding hydrogens is 296 g/mol. The fourth-order valence-corrected chi connectivity index (χ4v) is 2.88. The number of carbonyl (C=O) groups excluding carboxylic acids is 1. The predicted molar refractivity (Wildman–Crippen MR) is 86.7 cm³/mol. The summed E-state index contributed by atoms with van der Waals surface area (Å²) in [5.41, 5.74) is 3.85. The molecule has 23 heavy (non-hydrogen) atoms. The zero-order valence-corrected chi connectivity index (χ0v) is 13.0. The molecule has 2 heterocycles. The van der Waals surface area contributed by atoms with E-state index in [9.17, 15) is 14.7 Å². The summed E-state index contributed by atoms with van der Waals surface area (Å²) in [5.74, 6) is -0.642. The molecule has 0 bridgehead atoms. The highest BCUT2D eigenvalue weighted by Crippen LogP contribution is 2.39. The second kappa shape index (κ2) is 5.31. The number of aromatic amines is 1. The van der Waals surface area contributed by atoms with Crippen LogP contribution in [0.3, 0.4) is 0 Å². The number of aromatic nitrogens is 1. The quantitative estimate of drug-likeness (QED) is 0.760. The second-order valence-corrected chi connectivity index (χ2v) is 5.36. The van der Waals surface area contributed by atoms with Gasteiger partial charge in [-0.2, -0.15) is 0 Å². The molecule has 3 rings (SSSR count). The number of aryl methyl sites for hydroxylation is 1. The number of carbonyl (C=O) groups is 2. The monoisotopic (exact) mass is 312 g/mol. The van der Waals surface area contributed by atoms with Crippen molar-refractivity contribution in [1.29, 1.82) is 0 Å². The van der Waals surface area contributed by atoms with Gasteiger partial charge in [0.15, 0.2) is 0 Å². The van der Waals surface area contributed by atoms with E-state index in [0.29, 0.717) is 34.0 Å². The van der Waals surface area contributed by atoms with E-state index in [4.69, 9.17) is 4.74 Å². The number of nitrogens with one attached hydrogen (secondary N) is 2. The molecule has 2 aromatic rings. The minimum absolute atomic E-state index is 0.237. The highest BCUT2D eigenvalue weighted by atomic mass is 16.5. The van der Waals surface area contributed by atoms with E-state index in [-0.39, 0.29) is 11.5 Å². The lowest BCUT2D eigenvalue weighted by atomic mass is 10.0. The number of carboxylic acid groups (broad SMARTS) is 1. The van der Waals surface area contributed by atoms with Crippen LogP contribution in [0.25, 0.3) is 11.6 Å². The number of methoxy groups -OCH3 is 1. The maximum Gasteiger partial charge on any atom is 0.337 e. The lowest BCUT2D eigenvalue weighted by Crippen LogP contribution is -2.04. The Kier molecular flexibility index (Phi) is 3.44. The number of amides is 1. The molecule has 1 aliphatic rings. The normalized spacial score (nSPS) is 14.7. The Hall–Kier alpha value is -3.02. The minimum atomic E-state index is -0.987. The van der Waals surface area contributed by atoms with E-state index in [0.717, 1.165) is 5.56 Å². The van der Waals surface area contributed by atoms with Gasteiger partial charge in [-0.25, -0.2) is 4.79 Å². The number of hydrogen-bond acceptors (Lipinski definition) is 3. The molecule has 0 saturated carbocycles. The molecule has 118 valence electrons. The molecule has 0 saturated heterocycles. The first kappa shape index (κ1) is 14.9. The van der Waals surface area contributed by atoms with Crippen LogP contribution >= 0.6 is 0 Å². The number of fused-ring (bicyclic) bond motifs is 1. The topological polar surface area (TPSA) is 91.4 Å². The van der Waals surface area contributed by atoms with Crippen LogP contribution in [0.4, 0.5) is 5.69 Å². The Bertz CT molecular complexity index is 862. The molecule has 1 amide bonds. The molecule has 6 heteroatoms. The van der Waals surface area contributed by atoms with Gasteiger partial charge in [-0.05, 0) is 31.6 Å². The van der Waals surface area contributed by atoms with Gasteiger partial charge in [0, 0.05) is 17.0 Å². The van der Waals surface area contributed by atoms with Crippen LogP contribution in [0, 0.1) is 13.8 Å². The zero-order valence-electron chi connectivity index (χ0n) is 13.0. The summed E-state index contributed by atoms with van der Waals surface area (Å²) in [6.07, 6.45) is 1.68. The van der Waals surface area contributed by atoms with Gasteiger partial charge >= 0.3 is 5.97 Å². The largest absolute Gasteiger partial charge is 0.495 e. The van der Waals surface area contributed by atoms with E-state index in [1.165, 1.54) is 0 Å². The molecule has 0 aliphatic carbocycles. The lowest BCUT2D eigenvalue weighted by molar-refractivity contribution is -0.110. The Morgan fingerprint density at radius 2 is 2.04 bits per heavy atom. The number of H-pyrrole nitrogens is 1. The molecule has 6 nitrogen and oxygen atoms in total. The van der Waals surface area contributed by atoms with Crippen LogP contribution in [0.15, 0.2) is 18.2 Å². The van der Waals surface area contributed by atoms with Crippen LogP contribution in [-0.2, 0) is 4.79 Å². The molecule has 0 unspecified atom stereocenters. The lowest BCUT2D eigenvalue weighted by Gasteiger charge is -2.05. The standard InChI is InChI=1S/C17H16N2O4/c1-8-12(18-9(2)14(8)17(21)22)7-11-10-5-4-6-13(23-3)15(10)19-16(11)20/h4-7,18H,1-3H3,(H,19,20)(H,21,22)/b11-7-. The van der Waals surface area contributed by atoms with Crippen molar-refractivity contribution in [3.05, 3.63) is 46.3 Å². The Morgan fingerprint density at radius 1 is 1.30 bits per heavy atom. The summed E-state index contributed by atoms with van der Waals surface area (Å²) < 4.78 is 5.25. The number of aromatic carboxylic acids is 1. The predicted octanol–water partition coefficient (Wildman–Crippen LogP) is 2.83. The Labute approximate surface area is 132 Å². The van der Waals surface area contributed by atoms with Crippen LogP contribution in [0.2, 0.25) is 0 Å². The van der Waals surface area contributed by atoms with Gasteiger partial charge in [0.2, 0.25) is 0 Å². The third-order valence-corrected chi connectivity index (χ3v) is 4.00. The van der Waals surface area contributed by atoms with Crippen LogP contribution in [0.1, 0.15) is 32.9 Å². The fourth-order valence-electron chi connectivity index (χ4n) is 2.88. The number of anilines is 1. The minimum Gasteiger partial charge on any atom is -0.495 e. The molecule has 1 aromatic carbocycles. The van der Waals surface area contributed by atoms with Crippen LogP contribution < -0.4 is 10.1 Å². The molecular formula is C17H16N2O4. The Morgan fingerprint density at radius 3 is 2.65 bits per heavy atom. The van der Waals surface area contributed by atoms with Crippen molar-refractivity contribution in [2.24, 2.45) is 0 Å². The molecule has 1 aromatic heterocycles. The summed E-state index contributed by atoms with van der Waals surface area (Å²) >= 11 is 0. The van der Waals surface area contributed by atoms with Gasteiger partial charge in [-0.1, -0.05) is 12.1 Å². The Balaban J connectivity index is 2.14. The van der Waals surface area contributed by atoms with Crippen molar-refractivity contribution in [2.75, 3.05) is 12.4 Å². The van der Waals surface area contributed by atoms with E-state index in [1.54, 1.807) is 39.2 Å². The fraction of sp³-hybridized carbons (Fsp3) is 0.176. The van der Waals surface area contributed by atoms with Crippen molar-refractivity contribution in [1.82, 2.24) is 4.98 Å². The van der Waals surface area contributed by atoms with E-state index < -0.39 is 5.97 Å². The molecule has 0 fully saturated rings. The van der Waals surface area contributed by atoms with Gasteiger partial charge in [0.1, 0.15) is 5.75 Å². The summed E-state index contributed by atoms with van der Waals surface area (Å²) in [6, 6.07) is 5.40. The van der Waals surface area contributed by atoms with Crippen LogP contribution in [-0.4, -0.2) is 29.1 Å². The number of hydrogen-bond donors (Lipinski definition) is 3. The maximum atomic E-state index is 12.3. The molecule has 1 aliphatic heterocycles. The third-order valence-electron chi connectivity index (χ3n) is 4.00. The van der Waals surface area contributed by atoms with Crippen LogP contribution in [0.5, 0.6) is 5.75 Å². The molecule has 0 atom stereocenters. The van der Waals surface area contributed by atoms with Crippen molar-refractivity contribution in [2.45, 2.75) is 13.8 Å². The van der Waals surface area contributed by atoms with Crippen molar-refractivity contribution >= 4 is 29.2 Å². The smallest absolute Gasteiger partial charge is 0.337 e. The molecule has 3 N–H and O–H groups in total. The van der Waals surface area contributed by atoms with Gasteiger partial charge in [-0.15, -0.1) is 0 Å². The molecule has 0 radical (unpaired) electrons. The van der Waals surface area contributed by atoms with Crippen molar-refractivity contribution < 1.29 is 19.4 Å². The first-order valence-electron chi connectivity index (χ1n) is 7.07. The van der Waals surface area contributed by atoms with Crippen molar-refractivity contribution in [3.63, 3.8) is 0 Å². The van der Waals surface area contributed by atoms with E-state index in [1.807, 2.05) is 6.07 Å². The maximum absolute atomic E-state index is 12.3. The number of ether oxygens (including phenoxy) is 1. The number of benzene rings is 1. The summed E-state index contributed by atoms with van der Waals surface area (Å²) in [6.45, 7) is 3.42. The summed E-state index contributed by atoms with van der Waals surface area (Å²) in [4.78, 5) is 26.6. The first-order valence-corrected chi connectivity index (χ1v) is 7.07. The zero-order chi connectivity index (χ0) is 16.7. The average molecular weight is 312 g/mol. The second-order valence-electron chi connectivity index (χ2n) is 5.36. The van der Waals surface area contributed by atoms with Gasteiger partial charge in [-0.3, -0.25) is 4.79 Å². The van der Waals surface area contributed by atoms with E-state index >= 15 is 0 Å². The number of carboxylic acids is 1. The van der Waals surface area contributed by atoms with Gasteiger partial charge < -0.3 is 20.1 Å². The SMILES string of the molecule is COc1cccc2c1NC(=O)/C2=C\c1[nH]c(C)c(C(=O)O)c1C. The summed E-state index contributed by atoms with van der Waals surface area (Å²) in [7, 11) is 1.54. The highest BCUT2D eigenvalue weighted by Gasteiger charge is 2.27. The molecule has 0 spiro atoms. The van der Waals surface area contributed by atoms with E-state index in [2.05, 4.69) is 10.3 Å². The van der Waals surface area contributed by atoms with Gasteiger partial charge in [0.05, 0.1) is 23.9 Å². The first-order chi connectivity index (χ1) is 10.9. The van der Waals surface area contributed by atoms with Gasteiger partial charge in [0.25, 0.3) is 5.91 Å². The average Bonchev–Trinajstić information content (AvgIpc) is 2.96. The third kappa shape index (κ3) is 2.28. The number of para-hydroxylation sites is 1. The highest BCUT2D eigenvalue weighted by molar-refractivity contribution is 6.35. The van der Waals surface area contributed by atoms with Crippen molar-refractivity contribution in [3.8, 4) is 5.75 Å². The number of rotatable bonds is 3.